The first-order valence-electron chi connectivity index (χ1n) is 6.22. The van der Waals surface area contributed by atoms with Gasteiger partial charge in [-0.25, -0.2) is 0 Å². The number of hydrogen-bond donors (Lipinski definition) is 1. The van der Waals surface area contributed by atoms with Crippen molar-refractivity contribution in [3.8, 4) is 5.75 Å². The van der Waals surface area contributed by atoms with Gasteiger partial charge in [0, 0.05) is 18.2 Å². The largest absolute Gasteiger partial charge is 0.489 e. The zero-order chi connectivity index (χ0) is 12.7. The average Bonchev–Trinajstić information content (AvgIpc) is 2.34. The Bertz CT molecular complexity index is 360. The van der Waals surface area contributed by atoms with E-state index in [0.717, 1.165) is 24.3 Å². The van der Waals surface area contributed by atoms with Crippen molar-refractivity contribution < 1.29 is 4.74 Å². The van der Waals surface area contributed by atoms with E-state index in [-0.39, 0.29) is 0 Å². The van der Waals surface area contributed by atoms with E-state index in [9.17, 15) is 0 Å². The van der Waals surface area contributed by atoms with Crippen molar-refractivity contribution in [2.45, 2.75) is 39.8 Å². The molecule has 1 unspecified atom stereocenters. The maximum Gasteiger partial charge on any atom is 0.124 e. The molecule has 0 saturated heterocycles. The van der Waals surface area contributed by atoms with Crippen molar-refractivity contribution in [1.29, 1.82) is 0 Å². The first-order chi connectivity index (χ1) is 8.13. The minimum atomic E-state index is 0.532. The van der Waals surface area contributed by atoms with Crippen LogP contribution in [0.2, 0.25) is 0 Å². The van der Waals surface area contributed by atoms with Gasteiger partial charge >= 0.3 is 0 Å². The third-order valence-corrected chi connectivity index (χ3v) is 2.70. The monoisotopic (exact) mass is 233 g/mol. The van der Waals surface area contributed by atoms with Crippen molar-refractivity contribution in [2.75, 3.05) is 6.61 Å². The molecule has 0 aromatic heterocycles. The van der Waals surface area contributed by atoms with E-state index in [1.54, 1.807) is 0 Å². The fraction of sp³-hybridized carbons (Fsp3) is 0.467. The van der Waals surface area contributed by atoms with Gasteiger partial charge in [-0.2, -0.15) is 0 Å². The molecule has 2 heteroatoms. The lowest BCUT2D eigenvalue weighted by molar-refractivity contribution is 0.346. The molecule has 0 aliphatic rings. The van der Waals surface area contributed by atoms with E-state index in [4.69, 9.17) is 4.74 Å². The molecule has 0 radical (unpaired) electrons. The third kappa shape index (κ3) is 5.05. The Morgan fingerprint density at radius 2 is 2.12 bits per heavy atom. The van der Waals surface area contributed by atoms with Crippen molar-refractivity contribution in [2.24, 2.45) is 0 Å². The van der Waals surface area contributed by atoms with Gasteiger partial charge < -0.3 is 10.1 Å². The summed E-state index contributed by atoms with van der Waals surface area (Å²) < 4.78 is 5.72. The molecule has 1 aromatic rings. The van der Waals surface area contributed by atoms with Gasteiger partial charge in [0.25, 0.3) is 0 Å². The molecule has 94 valence electrons. The summed E-state index contributed by atoms with van der Waals surface area (Å²) in [7, 11) is 0. The van der Waals surface area contributed by atoms with Crippen molar-refractivity contribution in [1.82, 2.24) is 5.32 Å². The summed E-state index contributed by atoms with van der Waals surface area (Å²) in [4.78, 5) is 0. The second-order valence-electron chi connectivity index (χ2n) is 4.54. The number of rotatable bonds is 7. The summed E-state index contributed by atoms with van der Waals surface area (Å²) in [6.07, 6.45) is 1.13. The molecule has 2 nitrogen and oxygen atoms in total. The van der Waals surface area contributed by atoms with Crippen LogP contribution < -0.4 is 10.1 Å². The molecule has 0 saturated carbocycles. The van der Waals surface area contributed by atoms with Crippen LogP contribution in [-0.4, -0.2) is 12.6 Å². The van der Waals surface area contributed by atoms with Crippen molar-refractivity contribution in [3.63, 3.8) is 0 Å². The summed E-state index contributed by atoms with van der Waals surface area (Å²) in [5, 5.41) is 3.47. The van der Waals surface area contributed by atoms with Crippen LogP contribution >= 0.6 is 0 Å². The first-order valence-corrected chi connectivity index (χ1v) is 6.22. The van der Waals surface area contributed by atoms with Gasteiger partial charge in [-0.1, -0.05) is 31.7 Å². The highest BCUT2D eigenvalue weighted by molar-refractivity contribution is 5.33. The molecule has 0 aliphatic carbocycles. The van der Waals surface area contributed by atoms with Gasteiger partial charge in [0.15, 0.2) is 0 Å². The number of hydrogen-bond acceptors (Lipinski definition) is 2. The Morgan fingerprint density at radius 3 is 2.76 bits per heavy atom. The molecule has 17 heavy (non-hydrogen) atoms. The fourth-order valence-electron chi connectivity index (χ4n) is 1.42. The molecular weight excluding hydrogens is 210 g/mol. The highest BCUT2D eigenvalue weighted by atomic mass is 16.5. The predicted octanol–water partition coefficient (Wildman–Crippen LogP) is 3.53. The number of para-hydroxylation sites is 1. The summed E-state index contributed by atoms with van der Waals surface area (Å²) in [5.41, 5.74) is 2.24. The molecule has 0 bridgehead atoms. The smallest absolute Gasteiger partial charge is 0.124 e. The highest BCUT2D eigenvalue weighted by Crippen LogP contribution is 2.18. The van der Waals surface area contributed by atoms with Crippen LogP contribution in [0.15, 0.2) is 36.4 Å². The van der Waals surface area contributed by atoms with Crippen LogP contribution in [0.5, 0.6) is 5.75 Å². The molecule has 0 heterocycles. The molecule has 0 fully saturated rings. The van der Waals surface area contributed by atoms with Gasteiger partial charge in [-0.05, 0) is 31.9 Å². The topological polar surface area (TPSA) is 21.3 Å². The predicted molar refractivity (Wildman–Crippen MR) is 73.3 cm³/mol. The second kappa shape index (κ2) is 7.13. The van der Waals surface area contributed by atoms with Crippen LogP contribution in [0, 0.1) is 0 Å². The number of nitrogens with one attached hydrogen (secondary N) is 1. The Balaban J connectivity index is 2.60. The number of benzene rings is 1. The van der Waals surface area contributed by atoms with E-state index in [2.05, 4.69) is 31.8 Å². The molecule has 1 rings (SSSR count). The quantitative estimate of drug-likeness (QED) is 0.727. The Labute approximate surface area is 105 Å². The third-order valence-electron chi connectivity index (χ3n) is 2.70. The van der Waals surface area contributed by atoms with E-state index in [1.807, 2.05) is 25.1 Å². The first kappa shape index (κ1) is 13.8. The Morgan fingerprint density at radius 1 is 1.41 bits per heavy atom. The van der Waals surface area contributed by atoms with E-state index < -0.39 is 0 Å². The summed E-state index contributed by atoms with van der Waals surface area (Å²) >= 11 is 0. The van der Waals surface area contributed by atoms with Gasteiger partial charge in [0.2, 0.25) is 0 Å². The van der Waals surface area contributed by atoms with Crippen LogP contribution in [-0.2, 0) is 6.54 Å². The second-order valence-corrected chi connectivity index (χ2v) is 4.54. The van der Waals surface area contributed by atoms with Crippen LogP contribution in [0.4, 0.5) is 0 Å². The average molecular weight is 233 g/mol. The Hall–Kier alpha value is -1.28. The lowest BCUT2D eigenvalue weighted by Crippen LogP contribution is -2.24. The van der Waals surface area contributed by atoms with Crippen molar-refractivity contribution >= 4 is 0 Å². The number of ether oxygens (including phenoxy) is 1. The van der Waals surface area contributed by atoms with E-state index in [0.29, 0.717) is 12.6 Å². The zero-order valence-electron chi connectivity index (χ0n) is 11.1. The normalized spacial score (nSPS) is 12.2. The summed E-state index contributed by atoms with van der Waals surface area (Å²) in [6, 6.07) is 8.69. The van der Waals surface area contributed by atoms with Crippen LogP contribution in [0.1, 0.15) is 32.8 Å². The lowest BCUT2D eigenvalue weighted by atomic mass is 10.1. The van der Waals surface area contributed by atoms with E-state index in [1.165, 1.54) is 5.56 Å². The highest BCUT2D eigenvalue weighted by Gasteiger charge is 2.04. The molecule has 0 spiro atoms. The van der Waals surface area contributed by atoms with Crippen LogP contribution in [0.25, 0.3) is 0 Å². The fourth-order valence-corrected chi connectivity index (χ4v) is 1.42. The molecule has 1 atom stereocenters. The zero-order valence-corrected chi connectivity index (χ0v) is 11.1. The minimum Gasteiger partial charge on any atom is -0.489 e. The maximum atomic E-state index is 5.72. The lowest BCUT2D eigenvalue weighted by Gasteiger charge is -2.15. The molecule has 1 N–H and O–H groups in total. The SMILES string of the molecule is C=C(C)COc1ccccc1CNC(C)CC. The maximum absolute atomic E-state index is 5.72. The van der Waals surface area contributed by atoms with Gasteiger partial charge in [-0.15, -0.1) is 0 Å². The minimum absolute atomic E-state index is 0.532. The summed E-state index contributed by atoms with van der Waals surface area (Å²) in [5.74, 6) is 0.950. The van der Waals surface area contributed by atoms with Gasteiger partial charge in [0.05, 0.1) is 0 Å². The van der Waals surface area contributed by atoms with Gasteiger partial charge in [0.1, 0.15) is 12.4 Å². The van der Waals surface area contributed by atoms with Crippen molar-refractivity contribution in [3.05, 3.63) is 42.0 Å². The van der Waals surface area contributed by atoms with E-state index >= 15 is 0 Å². The molecule has 0 aliphatic heterocycles. The van der Waals surface area contributed by atoms with Crippen LogP contribution in [0.3, 0.4) is 0 Å². The standard InChI is InChI=1S/C15H23NO/c1-5-13(4)16-10-14-8-6-7-9-15(14)17-11-12(2)3/h6-9,13,16H,2,5,10-11H2,1,3-4H3. The Kier molecular flexibility index (Phi) is 5.78. The summed E-state index contributed by atoms with van der Waals surface area (Å²) in [6.45, 7) is 11.6. The molecule has 0 amide bonds. The molecule has 1 aromatic carbocycles. The molecular formula is C15H23NO. The van der Waals surface area contributed by atoms with Gasteiger partial charge in [-0.3, -0.25) is 0 Å².